The molecule has 1 aliphatic heterocycles. The molecular weight excluding hydrogens is 382 g/mol. The Morgan fingerprint density at radius 1 is 1.13 bits per heavy atom. The Kier molecular flexibility index (Phi) is 6.72. The van der Waals surface area contributed by atoms with Gasteiger partial charge in [-0.05, 0) is 24.1 Å². The Bertz CT molecular complexity index is 969. The number of hydrogen-bond acceptors (Lipinski definition) is 4. The summed E-state index contributed by atoms with van der Waals surface area (Å²) in [5, 5.41) is 2.81. The van der Waals surface area contributed by atoms with Crippen LogP contribution < -0.4 is 14.8 Å². The maximum Gasteiger partial charge on any atom is 0.341 e. The number of carbonyl (C=O) groups excluding carboxylic acids is 2. The molecule has 0 aromatic heterocycles. The number of fused-ring (bicyclic) bond motifs is 1. The number of ether oxygens (including phenoxy) is 2. The number of urea groups is 1. The van der Waals surface area contributed by atoms with Crippen LogP contribution in [0.15, 0.2) is 47.5 Å². The van der Waals surface area contributed by atoms with E-state index in [1.54, 1.807) is 31.3 Å². The van der Waals surface area contributed by atoms with Gasteiger partial charge in [0.1, 0.15) is 11.5 Å². The highest BCUT2D eigenvalue weighted by Gasteiger charge is 2.29. The van der Waals surface area contributed by atoms with E-state index in [-0.39, 0.29) is 12.5 Å². The molecule has 0 spiro atoms. The molecule has 0 radical (unpaired) electrons. The van der Waals surface area contributed by atoms with Crippen LogP contribution in [0.1, 0.15) is 35.3 Å². The van der Waals surface area contributed by atoms with Crippen LogP contribution in [-0.2, 0) is 6.54 Å². The van der Waals surface area contributed by atoms with Crippen LogP contribution in [0.5, 0.6) is 11.5 Å². The van der Waals surface area contributed by atoms with Gasteiger partial charge in [-0.2, -0.15) is 4.99 Å². The summed E-state index contributed by atoms with van der Waals surface area (Å²) in [4.78, 5) is 31.3. The SMILES string of the molecule is COc1ccc(CNC(=O)N=C2CN(CC(C)C)C(=O)c3ccccc32)c(OC)c1. The van der Waals surface area contributed by atoms with Gasteiger partial charge in [-0.15, -0.1) is 0 Å². The zero-order valence-corrected chi connectivity index (χ0v) is 17.8. The molecule has 3 rings (SSSR count). The van der Waals surface area contributed by atoms with Gasteiger partial charge < -0.3 is 19.7 Å². The van der Waals surface area contributed by atoms with Crippen molar-refractivity contribution < 1.29 is 19.1 Å². The standard InChI is InChI=1S/C23H27N3O4/c1-15(2)13-26-14-20(18-7-5-6-8-19(18)22(26)27)25-23(28)24-12-16-9-10-17(29-3)11-21(16)30-4/h5-11,15H,12-14H2,1-4H3,(H,24,28). The van der Waals surface area contributed by atoms with E-state index < -0.39 is 6.03 Å². The summed E-state index contributed by atoms with van der Waals surface area (Å²) in [7, 11) is 3.15. The van der Waals surface area contributed by atoms with Gasteiger partial charge in [-0.3, -0.25) is 4.79 Å². The summed E-state index contributed by atoms with van der Waals surface area (Å²) in [6, 6.07) is 12.2. The zero-order chi connectivity index (χ0) is 21.7. The van der Waals surface area contributed by atoms with E-state index in [0.717, 1.165) is 5.56 Å². The molecule has 2 aromatic carbocycles. The maximum atomic E-state index is 12.8. The molecule has 0 fully saturated rings. The molecule has 2 aromatic rings. The lowest BCUT2D eigenvalue weighted by Crippen LogP contribution is -2.43. The maximum absolute atomic E-state index is 12.8. The molecule has 1 N–H and O–H groups in total. The second-order valence-corrected chi connectivity index (χ2v) is 7.52. The van der Waals surface area contributed by atoms with Gasteiger partial charge in [-0.25, -0.2) is 4.79 Å². The molecule has 1 heterocycles. The molecule has 0 bridgehead atoms. The van der Waals surface area contributed by atoms with Gasteiger partial charge in [0, 0.05) is 35.8 Å². The van der Waals surface area contributed by atoms with Crippen molar-refractivity contribution >= 4 is 17.6 Å². The highest BCUT2D eigenvalue weighted by molar-refractivity contribution is 6.18. The van der Waals surface area contributed by atoms with Crippen molar-refractivity contribution in [3.63, 3.8) is 0 Å². The highest BCUT2D eigenvalue weighted by Crippen LogP contribution is 2.24. The number of amides is 3. The minimum Gasteiger partial charge on any atom is -0.497 e. The van der Waals surface area contributed by atoms with Crippen molar-refractivity contribution in [3.05, 3.63) is 59.2 Å². The van der Waals surface area contributed by atoms with E-state index >= 15 is 0 Å². The lowest BCUT2D eigenvalue weighted by molar-refractivity contribution is 0.0755. The fraction of sp³-hybridized carbons (Fsp3) is 0.348. The lowest BCUT2D eigenvalue weighted by Gasteiger charge is -2.30. The first kappa shape index (κ1) is 21.4. The Hall–Kier alpha value is -3.35. The molecule has 3 amide bonds. The van der Waals surface area contributed by atoms with E-state index in [9.17, 15) is 9.59 Å². The summed E-state index contributed by atoms with van der Waals surface area (Å²) in [5.74, 6) is 1.59. The summed E-state index contributed by atoms with van der Waals surface area (Å²) in [6.45, 7) is 5.29. The van der Waals surface area contributed by atoms with Crippen molar-refractivity contribution in [2.24, 2.45) is 10.9 Å². The number of aliphatic imine (C=N–C) groups is 1. The van der Waals surface area contributed by atoms with E-state index in [4.69, 9.17) is 9.47 Å². The van der Waals surface area contributed by atoms with Crippen LogP contribution in [0.3, 0.4) is 0 Å². The molecule has 0 saturated carbocycles. The number of hydrogen-bond donors (Lipinski definition) is 1. The first-order valence-electron chi connectivity index (χ1n) is 9.88. The van der Waals surface area contributed by atoms with Crippen LogP contribution in [0.4, 0.5) is 4.79 Å². The molecule has 0 aliphatic carbocycles. The van der Waals surface area contributed by atoms with Crippen LogP contribution in [0.25, 0.3) is 0 Å². The van der Waals surface area contributed by atoms with Crippen LogP contribution in [0.2, 0.25) is 0 Å². The highest BCUT2D eigenvalue weighted by atomic mass is 16.5. The fourth-order valence-corrected chi connectivity index (χ4v) is 3.44. The number of benzene rings is 2. The molecule has 7 nitrogen and oxygen atoms in total. The minimum atomic E-state index is -0.462. The third kappa shape index (κ3) is 4.79. The zero-order valence-electron chi connectivity index (χ0n) is 17.8. The molecule has 158 valence electrons. The number of nitrogens with one attached hydrogen (secondary N) is 1. The number of rotatable bonds is 6. The van der Waals surface area contributed by atoms with Gasteiger partial charge in [0.15, 0.2) is 0 Å². The topological polar surface area (TPSA) is 80.2 Å². The summed E-state index contributed by atoms with van der Waals surface area (Å²) < 4.78 is 10.6. The third-order valence-corrected chi connectivity index (χ3v) is 4.84. The van der Waals surface area contributed by atoms with E-state index in [0.29, 0.717) is 47.3 Å². The molecule has 1 aliphatic rings. The average molecular weight is 409 g/mol. The van der Waals surface area contributed by atoms with Crippen LogP contribution >= 0.6 is 0 Å². The number of carbonyl (C=O) groups is 2. The number of methoxy groups -OCH3 is 2. The molecule has 7 heteroatoms. The van der Waals surface area contributed by atoms with E-state index in [1.165, 1.54) is 0 Å². The van der Waals surface area contributed by atoms with Crippen molar-refractivity contribution in [3.8, 4) is 11.5 Å². The van der Waals surface area contributed by atoms with Crippen molar-refractivity contribution in [2.45, 2.75) is 20.4 Å². The summed E-state index contributed by atoms with van der Waals surface area (Å²) in [5.41, 5.74) is 2.69. The molecule has 0 saturated heterocycles. The van der Waals surface area contributed by atoms with Gasteiger partial charge in [0.2, 0.25) is 0 Å². The van der Waals surface area contributed by atoms with Crippen molar-refractivity contribution in [1.29, 1.82) is 0 Å². The quantitative estimate of drug-likeness (QED) is 0.792. The fourth-order valence-electron chi connectivity index (χ4n) is 3.44. The van der Waals surface area contributed by atoms with Crippen molar-refractivity contribution in [1.82, 2.24) is 10.2 Å². The summed E-state index contributed by atoms with van der Waals surface area (Å²) in [6.07, 6.45) is 0. The first-order valence-corrected chi connectivity index (χ1v) is 9.88. The summed E-state index contributed by atoms with van der Waals surface area (Å²) >= 11 is 0. The van der Waals surface area contributed by atoms with Crippen LogP contribution in [0, 0.1) is 5.92 Å². The molecule has 30 heavy (non-hydrogen) atoms. The largest absolute Gasteiger partial charge is 0.497 e. The predicted molar refractivity (Wildman–Crippen MR) is 116 cm³/mol. The second kappa shape index (κ2) is 9.43. The number of nitrogens with zero attached hydrogens (tertiary/aromatic N) is 2. The molecule has 0 atom stereocenters. The van der Waals surface area contributed by atoms with Crippen LogP contribution in [-0.4, -0.2) is 49.9 Å². The molecular formula is C23H27N3O4. The normalized spacial score (nSPS) is 14.6. The van der Waals surface area contributed by atoms with E-state index in [1.807, 2.05) is 30.3 Å². The Labute approximate surface area is 176 Å². The lowest BCUT2D eigenvalue weighted by atomic mass is 9.96. The van der Waals surface area contributed by atoms with Crippen molar-refractivity contribution in [2.75, 3.05) is 27.3 Å². The predicted octanol–water partition coefficient (Wildman–Crippen LogP) is 3.51. The Morgan fingerprint density at radius 3 is 2.53 bits per heavy atom. The smallest absolute Gasteiger partial charge is 0.341 e. The Balaban J connectivity index is 1.79. The molecule has 0 unspecified atom stereocenters. The average Bonchev–Trinajstić information content (AvgIpc) is 2.75. The van der Waals surface area contributed by atoms with E-state index in [2.05, 4.69) is 24.2 Å². The van der Waals surface area contributed by atoms with Gasteiger partial charge in [-0.1, -0.05) is 32.0 Å². The Morgan fingerprint density at radius 2 is 1.87 bits per heavy atom. The monoisotopic (exact) mass is 409 g/mol. The third-order valence-electron chi connectivity index (χ3n) is 4.84. The van der Waals surface area contributed by atoms with Gasteiger partial charge >= 0.3 is 6.03 Å². The minimum absolute atomic E-state index is 0.0263. The van der Waals surface area contributed by atoms with Gasteiger partial charge in [0.05, 0.1) is 26.5 Å². The van der Waals surface area contributed by atoms with Gasteiger partial charge in [0.25, 0.3) is 5.91 Å². The first-order chi connectivity index (χ1) is 14.4. The second-order valence-electron chi connectivity index (χ2n) is 7.52.